The van der Waals surface area contributed by atoms with Crippen LogP contribution in [0.1, 0.15) is 38.3 Å². The van der Waals surface area contributed by atoms with Crippen molar-refractivity contribution < 1.29 is 8.42 Å². The summed E-state index contributed by atoms with van der Waals surface area (Å²) < 4.78 is 26.8. The number of nitrogens with zero attached hydrogens (tertiary/aromatic N) is 2. The van der Waals surface area contributed by atoms with Gasteiger partial charge in [-0.1, -0.05) is 13.3 Å². The maximum absolute atomic E-state index is 12.6. The van der Waals surface area contributed by atoms with Gasteiger partial charge in [-0.05, 0) is 31.4 Å². The van der Waals surface area contributed by atoms with Gasteiger partial charge in [-0.15, -0.1) is 0 Å². The first-order valence-electron chi connectivity index (χ1n) is 6.76. The molecule has 1 aromatic rings. The average molecular weight is 283 g/mol. The van der Waals surface area contributed by atoms with Crippen LogP contribution in [-0.4, -0.2) is 30.3 Å². The molecule has 0 unspecified atom stereocenters. The summed E-state index contributed by atoms with van der Waals surface area (Å²) in [7, 11) is -3.41. The van der Waals surface area contributed by atoms with E-state index < -0.39 is 10.0 Å². The van der Waals surface area contributed by atoms with E-state index in [1.165, 1.54) is 6.20 Å². The van der Waals surface area contributed by atoms with Crippen molar-refractivity contribution in [3.05, 3.63) is 24.0 Å². The Morgan fingerprint density at radius 3 is 2.63 bits per heavy atom. The quantitative estimate of drug-likeness (QED) is 0.822. The van der Waals surface area contributed by atoms with Gasteiger partial charge in [-0.2, -0.15) is 4.31 Å². The predicted octanol–water partition coefficient (Wildman–Crippen LogP) is 1.49. The lowest BCUT2D eigenvalue weighted by Crippen LogP contribution is -2.34. The number of hydrogen-bond donors (Lipinski definition) is 1. The summed E-state index contributed by atoms with van der Waals surface area (Å²) in [5.41, 5.74) is 6.17. The first kappa shape index (κ1) is 14.4. The zero-order valence-corrected chi connectivity index (χ0v) is 12.1. The first-order valence-corrected chi connectivity index (χ1v) is 8.20. The van der Waals surface area contributed by atoms with Gasteiger partial charge in [-0.3, -0.25) is 4.98 Å². The fourth-order valence-corrected chi connectivity index (χ4v) is 3.66. The smallest absolute Gasteiger partial charge is 0.244 e. The Labute approximate surface area is 114 Å². The highest BCUT2D eigenvalue weighted by atomic mass is 32.2. The molecule has 0 saturated heterocycles. The van der Waals surface area contributed by atoms with Crippen LogP contribution in [-0.2, 0) is 16.6 Å². The lowest BCUT2D eigenvalue weighted by Gasteiger charge is -2.21. The van der Waals surface area contributed by atoms with Crippen molar-refractivity contribution in [3.63, 3.8) is 0 Å². The molecule has 1 aliphatic rings. The van der Waals surface area contributed by atoms with Crippen molar-refractivity contribution in [1.29, 1.82) is 0 Å². The van der Waals surface area contributed by atoms with E-state index in [0.717, 1.165) is 25.7 Å². The second-order valence-electron chi connectivity index (χ2n) is 4.89. The SMILES string of the molecule is CCCCN(C1CC1)S(=O)(=O)c1ccc(CN)nc1. The van der Waals surface area contributed by atoms with E-state index in [1.807, 2.05) is 0 Å². The second-order valence-corrected chi connectivity index (χ2v) is 6.78. The number of unbranched alkanes of at least 4 members (excludes halogenated alkanes) is 1. The van der Waals surface area contributed by atoms with Gasteiger partial charge in [0, 0.05) is 25.3 Å². The van der Waals surface area contributed by atoms with Gasteiger partial charge in [0.05, 0.1) is 5.69 Å². The van der Waals surface area contributed by atoms with Crippen molar-refractivity contribution >= 4 is 10.0 Å². The highest BCUT2D eigenvalue weighted by molar-refractivity contribution is 7.89. The summed E-state index contributed by atoms with van der Waals surface area (Å²) in [6, 6.07) is 3.47. The van der Waals surface area contributed by atoms with Gasteiger partial charge in [0.1, 0.15) is 4.90 Å². The molecule has 6 heteroatoms. The minimum absolute atomic E-state index is 0.186. The molecule has 2 N–H and O–H groups in total. The van der Waals surface area contributed by atoms with Gasteiger partial charge >= 0.3 is 0 Å². The van der Waals surface area contributed by atoms with Gasteiger partial charge in [0.25, 0.3) is 0 Å². The summed E-state index contributed by atoms with van der Waals surface area (Å²) in [5, 5.41) is 0. The number of pyridine rings is 1. The Balaban J connectivity index is 2.22. The standard InChI is InChI=1S/C13H21N3O2S/c1-2-3-8-16(12-5-6-12)19(17,18)13-7-4-11(9-14)15-10-13/h4,7,10,12H,2-3,5-6,8-9,14H2,1H3. The fraction of sp³-hybridized carbons (Fsp3) is 0.615. The van der Waals surface area contributed by atoms with Crippen molar-refractivity contribution in [1.82, 2.24) is 9.29 Å². The zero-order valence-electron chi connectivity index (χ0n) is 11.2. The molecule has 1 fully saturated rings. The molecular formula is C13H21N3O2S. The van der Waals surface area contributed by atoms with Crippen LogP contribution in [0, 0.1) is 0 Å². The van der Waals surface area contributed by atoms with Crippen molar-refractivity contribution in [3.8, 4) is 0 Å². The molecule has 2 rings (SSSR count). The van der Waals surface area contributed by atoms with E-state index in [0.29, 0.717) is 18.8 Å². The van der Waals surface area contributed by atoms with Gasteiger partial charge < -0.3 is 5.73 Å². The molecule has 1 aliphatic carbocycles. The minimum Gasteiger partial charge on any atom is -0.325 e. The predicted molar refractivity (Wildman–Crippen MR) is 74.0 cm³/mol. The van der Waals surface area contributed by atoms with Crippen LogP contribution in [0.15, 0.2) is 23.2 Å². The molecule has 0 spiro atoms. The topological polar surface area (TPSA) is 76.3 Å². The van der Waals surface area contributed by atoms with Crippen LogP contribution in [0.25, 0.3) is 0 Å². The Kier molecular flexibility index (Phi) is 4.54. The number of hydrogen-bond acceptors (Lipinski definition) is 4. The lowest BCUT2D eigenvalue weighted by molar-refractivity contribution is 0.395. The third-order valence-electron chi connectivity index (χ3n) is 3.30. The number of aromatic nitrogens is 1. The summed E-state index contributed by atoms with van der Waals surface area (Å²) in [6.07, 6.45) is 5.24. The normalized spacial score (nSPS) is 15.9. The highest BCUT2D eigenvalue weighted by Gasteiger charge is 2.37. The molecule has 0 bridgehead atoms. The molecule has 0 aromatic carbocycles. The van der Waals surface area contributed by atoms with Crippen LogP contribution in [0.5, 0.6) is 0 Å². The maximum atomic E-state index is 12.6. The summed E-state index contributed by atoms with van der Waals surface area (Å²) in [6.45, 7) is 2.99. The van der Waals surface area contributed by atoms with Gasteiger partial charge in [0.2, 0.25) is 10.0 Å². The molecule has 0 atom stereocenters. The Bertz CT molecular complexity index is 509. The fourth-order valence-electron chi connectivity index (χ4n) is 2.00. The van der Waals surface area contributed by atoms with Crippen molar-refractivity contribution in [2.45, 2.75) is 50.1 Å². The largest absolute Gasteiger partial charge is 0.325 e. The molecule has 0 radical (unpaired) electrons. The number of sulfonamides is 1. The highest BCUT2D eigenvalue weighted by Crippen LogP contribution is 2.32. The molecule has 0 amide bonds. The van der Waals surface area contributed by atoms with E-state index in [2.05, 4.69) is 11.9 Å². The molecule has 106 valence electrons. The van der Waals surface area contributed by atoms with Crippen LogP contribution in [0.2, 0.25) is 0 Å². The number of rotatable bonds is 7. The van der Waals surface area contributed by atoms with Gasteiger partial charge in [0.15, 0.2) is 0 Å². The van der Waals surface area contributed by atoms with Crippen LogP contribution in [0.3, 0.4) is 0 Å². The second kappa shape index (κ2) is 5.98. The zero-order chi connectivity index (χ0) is 13.9. The lowest BCUT2D eigenvalue weighted by atomic mass is 10.3. The number of nitrogens with two attached hydrogens (primary N) is 1. The molecular weight excluding hydrogens is 262 g/mol. The Hall–Kier alpha value is -0.980. The Morgan fingerprint density at radius 2 is 2.16 bits per heavy atom. The van der Waals surface area contributed by atoms with Crippen LogP contribution < -0.4 is 5.73 Å². The van der Waals surface area contributed by atoms with E-state index in [9.17, 15) is 8.42 Å². The summed E-state index contributed by atoms with van der Waals surface area (Å²) >= 11 is 0. The first-order chi connectivity index (χ1) is 9.09. The van der Waals surface area contributed by atoms with E-state index in [4.69, 9.17) is 5.73 Å². The van der Waals surface area contributed by atoms with E-state index in [1.54, 1.807) is 16.4 Å². The Morgan fingerprint density at radius 1 is 1.42 bits per heavy atom. The molecule has 19 heavy (non-hydrogen) atoms. The third-order valence-corrected chi connectivity index (χ3v) is 5.23. The third kappa shape index (κ3) is 3.32. The van der Waals surface area contributed by atoms with Gasteiger partial charge in [-0.25, -0.2) is 8.42 Å². The van der Waals surface area contributed by atoms with Crippen LogP contribution >= 0.6 is 0 Å². The average Bonchev–Trinajstić information content (AvgIpc) is 3.23. The molecule has 1 aromatic heterocycles. The minimum atomic E-state index is -3.41. The molecule has 1 heterocycles. The van der Waals surface area contributed by atoms with E-state index >= 15 is 0 Å². The molecule has 1 saturated carbocycles. The molecule has 5 nitrogen and oxygen atoms in total. The van der Waals surface area contributed by atoms with E-state index in [-0.39, 0.29) is 10.9 Å². The summed E-state index contributed by atoms with van der Waals surface area (Å²) in [5.74, 6) is 0. The molecule has 0 aliphatic heterocycles. The van der Waals surface area contributed by atoms with Crippen LogP contribution in [0.4, 0.5) is 0 Å². The van der Waals surface area contributed by atoms with Crippen molar-refractivity contribution in [2.24, 2.45) is 5.73 Å². The summed E-state index contributed by atoms with van der Waals surface area (Å²) in [4.78, 5) is 4.35. The maximum Gasteiger partial charge on any atom is 0.244 e. The van der Waals surface area contributed by atoms with Crippen molar-refractivity contribution in [2.75, 3.05) is 6.54 Å². The monoisotopic (exact) mass is 283 g/mol.